The number of nitrogens with zero attached hydrogens (tertiary/aromatic N) is 1. The highest BCUT2D eigenvalue weighted by molar-refractivity contribution is 7.98. The van der Waals surface area contributed by atoms with Gasteiger partial charge in [-0.15, -0.1) is 0 Å². The van der Waals surface area contributed by atoms with Gasteiger partial charge in [0.05, 0.1) is 5.75 Å². The first-order valence-electron chi connectivity index (χ1n) is 6.10. The van der Waals surface area contributed by atoms with Crippen LogP contribution in [0.2, 0.25) is 0 Å². The number of nitrogens with one attached hydrogen (secondary N) is 1. The molecule has 0 atom stereocenters. The smallest absolute Gasteiger partial charge is 0.289 e. The molecule has 5 nitrogen and oxygen atoms in total. The van der Waals surface area contributed by atoms with Gasteiger partial charge in [0.25, 0.3) is 11.7 Å². The summed E-state index contributed by atoms with van der Waals surface area (Å²) in [5.41, 5.74) is 0. The fourth-order valence-corrected chi connectivity index (χ4v) is 2.29. The summed E-state index contributed by atoms with van der Waals surface area (Å²) in [5, 5.41) is 2.67. The van der Waals surface area contributed by atoms with Crippen molar-refractivity contribution in [2.45, 2.75) is 17.9 Å². The van der Waals surface area contributed by atoms with Gasteiger partial charge in [0.2, 0.25) is 5.91 Å². The molecule has 0 radical (unpaired) electrons. The maximum atomic E-state index is 12.1. The lowest BCUT2D eigenvalue weighted by Gasteiger charge is -2.17. The predicted octanol–water partition coefficient (Wildman–Crippen LogP) is 1.70. The highest BCUT2D eigenvalue weighted by Crippen LogP contribution is 2.21. The van der Waals surface area contributed by atoms with Gasteiger partial charge < -0.3 is 14.6 Å². The van der Waals surface area contributed by atoms with Gasteiger partial charge in [-0.05, 0) is 12.1 Å². The summed E-state index contributed by atoms with van der Waals surface area (Å²) < 4.78 is 29.4. The summed E-state index contributed by atoms with van der Waals surface area (Å²) in [6, 6.07) is 2.99. The minimum atomic E-state index is -2.47. The van der Waals surface area contributed by atoms with Crippen LogP contribution < -0.4 is 5.32 Å². The molecule has 2 heterocycles. The second-order valence-electron chi connectivity index (χ2n) is 4.23. The fourth-order valence-electron chi connectivity index (χ4n) is 1.84. The molecule has 0 aromatic carbocycles. The van der Waals surface area contributed by atoms with Crippen LogP contribution in [0, 0.1) is 0 Å². The third-order valence-corrected chi connectivity index (χ3v) is 3.53. The molecule has 1 N–H and O–H groups in total. The molecule has 110 valence electrons. The Hall–Kier alpha value is -1.57. The first-order chi connectivity index (χ1) is 9.56. The molecule has 1 fully saturated rings. The van der Waals surface area contributed by atoms with Crippen LogP contribution in [0.15, 0.2) is 16.5 Å². The Morgan fingerprint density at radius 3 is 3.00 bits per heavy atom. The molecule has 1 aromatic rings. The first-order valence-corrected chi connectivity index (χ1v) is 7.15. The molecule has 2 rings (SSSR count). The fraction of sp³-hybridized carbons (Fsp3) is 0.500. The number of furan rings is 1. The molecule has 8 heteroatoms. The van der Waals surface area contributed by atoms with Crippen molar-refractivity contribution in [3.05, 3.63) is 23.7 Å². The summed E-state index contributed by atoms with van der Waals surface area (Å²) in [6.07, 6.45) is 0.251. The molecule has 0 unspecified atom stereocenters. The van der Waals surface area contributed by atoms with E-state index in [4.69, 9.17) is 4.42 Å². The van der Waals surface area contributed by atoms with Gasteiger partial charge in [0.15, 0.2) is 5.76 Å². The molecule has 20 heavy (non-hydrogen) atoms. The van der Waals surface area contributed by atoms with E-state index in [1.54, 1.807) is 0 Å². The van der Waals surface area contributed by atoms with Crippen LogP contribution >= 0.6 is 11.8 Å². The van der Waals surface area contributed by atoms with Crippen LogP contribution in [0.4, 0.5) is 8.78 Å². The van der Waals surface area contributed by atoms with Crippen molar-refractivity contribution < 1.29 is 22.8 Å². The van der Waals surface area contributed by atoms with E-state index >= 15 is 0 Å². The minimum Gasteiger partial charge on any atom is -0.455 e. The van der Waals surface area contributed by atoms with Crippen LogP contribution in [0.1, 0.15) is 22.7 Å². The van der Waals surface area contributed by atoms with E-state index in [0.717, 1.165) is 0 Å². The molecular weight excluding hydrogens is 290 g/mol. The summed E-state index contributed by atoms with van der Waals surface area (Å²) in [4.78, 5) is 24.9. The zero-order valence-corrected chi connectivity index (χ0v) is 11.4. The van der Waals surface area contributed by atoms with E-state index in [9.17, 15) is 18.4 Å². The number of thioether (sulfide) groups is 1. The number of rotatable bonds is 4. The van der Waals surface area contributed by atoms with E-state index in [1.165, 1.54) is 17.0 Å². The van der Waals surface area contributed by atoms with Gasteiger partial charge in [-0.2, -0.15) is 8.78 Å². The maximum Gasteiger partial charge on any atom is 0.289 e. The number of amides is 2. The van der Waals surface area contributed by atoms with Gasteiger partial charge in [0.1, 0.15) is 5.76 Å². The SMILES string of the molecule is O=C1CCN(C(=O)c2ccc(CSC(F)F)o2)CCN1. The van der Waals surface area contributed by atoms with Crippen molar-refractivity contribution in [2.24, 2.45) is 0 Å². The van der Waals surface area contributed by atoms with Crippen molar-refractivity contribution in [1.82, 2.24) is 10.2 Å². The lowest BCUT2D eigenvalue weighted by Crippen LogP contribution is -2.34. The van der Waals surface area contributed by atoms with Crippen molar-refractivity contribution in [3.8, 4) is 0 Å². The quantitative estimate of drug-likeness (QED) is 0.919. The van der Waals surface area contributed by atoms with Gasteiger partial charge in [0, 0.05) is 26.1 Å². The topological polar surface area (TPSA) is 62.6 Å². The van der Waals surface area contributed by atoms with Crippen LogP contribution in [0.3, 0.4) is 0 Å². The average molecular weight is 304 g/mol. The highest BCUT2D eigenvalue weighted by atomic mass is 32.2. The lowest BCUT2D eigenvalue weighted by molar-refractivity contribution is -0.120. The summed E-state index contributed by atoms with van der Waals surface area (Å²) in [5.74, 6) is -2.41. The summed E-state index contributed by atoms with van der Waals surface area (Å²) >= 11 is 0.442. The Balaban J connectivity index is 1.96. The minimum absolute atomic E-state index is 0.0188. The summed E-state index contributed by atoms with van der Waals surface area (Å²) in [7, 11) is 0. The Kier molecular flexibility index (Phi) is 4.99. The Morgan fingerprint density at radius 2 is 2.25 bits per heavy atom. The number of carbonyl (C=O) groups excluding carboxylic acids is 2. The third kappa shape index (κ3) is 3.96. The average Bonchev–Trinajstić information content (AvgIpc) is 2.78. The van der Waals surface area contributed by atoms with Crippen molar-refractivity contribution in [2.75, 3.05) is 19.6 Å². The van der Waals surface area contributed by atoms with Crippen molar-refractivity contribution in [3.63, 3.8) is 0 Å². The van der Waals surface area contributed by atoms with E-state index < -0.39 is 5.76 Å². The molecule has 0 bridgehead atoms. The van der Waals surface area contributed by atoms with Crippen LogP contribution in [0.25, 0.3) is 0 Å². The molecule has 1 aromatic heterocycles. The zero-order chi connectivity index (χ0) is 14.5. The monoisotopic (exact) mass is 304 g/mol. The normalized spacial score (nSPS) is 16.1. The molecule has 0 saturated carbocycles. The van der Waals surface area contributed by atoms with Gasteiger partial charge in [-0.25, -0.2) is 0 Å². The Labute approximate surface area is 118 Å². The Morgan fingerprint density at radius 1 is 1.45 bits per heavy atom. The second kappa shape index (κ2) is 6.74. The molecule has 0 spiro atoms. The lowest BCUT2D eigenvalue weighted by atomic mass is 10.3. The molecule has 1 aliphatic heterocycles. The molecule has 1 aliphatic rings. The number of hydrogen-bond donors (Lipinski definition) is 1. The van der Waals surface area contributed by atoms with Gasteiger partial charge in [-0.1, -0.05) is 11.8 Å². The van der Waals surface area contributed by atoms with Crippen molar-refractivity contribution in [1.29, 1.82) is 0 Å². The van der Waals surface area contributed by atoms with E-state index in [0.29, 0.717) is 37.2 Å². The van der Waals surface area contributed by atoms with Crippen LogP contribution in [-0.4, -0.2) is 42.1 Å². The largest absolute Gasteiger partial charge is 0.455 e. The second-order valence-corrected chi connectivity index (χ2v) is 5.21. The van der Waals surface area contributed by atoms with Crippen molar-refractivity contribution >= 4 is 23.6 Å². The third-order valence-electron chi connectivity index (χ3n) is 2.82. The number of alkyl halides is 2. The van der Waals surface area contributed by atoms with Gasteiger partial charge in [-0.3, -0.25) is 9.59 Å². The predicted molar refractivity (Wildman–Crippen MR) is 69.5 cm³/mol. The highest BCUT2D eigenvalue weighted by Gasteiger charge is 2.22. The van der Waals surface area contributed by atoms with Crippen LogP contribution in [-0.2, 0) is 10.5 Å². The van der Waals surface area contributed by atoms with E-state index in [1.807, 2.05) is 0 Å². The zero-order valence-electron chi connectivity index (χ0n) is 10.6. The van der Waals surface area contributed by atoms with E-state index in [2.05, 4.69) is 5.32 Å². The van der Waals surface area contributed by atoms with Crippen LogP contribution in [0.5, 0.6) is 0 Å². The molecule has 2 amide bonds. The number of carbonyl (C=O) groups is 2. The first kappa shape index (κ1) is 14.8. The number of halogens is 2. The molecule has 0 aliphatic carbocycles. The Bertz CT molecular complexity index is 493. The molecular formula is C12H14F2N2O3S. The summed E-state index contributed by atoms with van der Waals surface area (Å²) in [6.45, 7) is 1.14. The van der Waals surface area contributed by atoms with Gasteiger partial charge >= 0.3 is 0 Å². The number of hydrogen-bond acceptors (Lipinski definition) is 4. The molecule has 1 saturated heterocycles. The maximum absolute atomic E-state index is 12.1. The standard InChI is InChI=1S/C12H14F2N2O3S/c13-12(14)20-7-8-1-2-9(19-8)11(18)16-5-3-10(17)15-4-6-16/h1-2,12H,3-7H2,(H,15,17). The van der Waals surface area contributed by atoms with E-state index in [-0.39, 0.29) is 29.7 Å².